The minimum Gasteiger partial charge on any atom is -0.130 e. The third-order valence-electron chi connectivity index (χ3n) is 2.27. The van der Waals surface area contributed by atoms with Crippen molar-refractivity contribution in [3.05, 3.63) is 52.1 Å². The molecule has 0 amide bonds. The van der Waals surface area contributed by atoms with Crippen molar-refractivity contribution in [1.82, 2.24) is 0 Å². The third kappa shape index (κ3) is 2.75. The summed E-state index contributed by atoms with van der Waals surface area (Å²) in [5.41, 5.74) is 2.56. The van der Waals surface area contributed by atoms with E-state index in [1.807, 2.05) is 0 Å². The molecule has 0 bridgehead atoms. The molecular weight excluding hydrogens is 315 g/mol. The van der Waals surface area contributed by atoms with Gasteiger partial charge in [0.25, 0.3) is 0 Å². The molecule has 0 N–H and O–H groups in total. The summed E-state index contributed by atoms with van der Waals surface area (Å²) in [6.07, 6.45) is 2.10. The van der Waals surface area contributed by atoms with Gasteiger partial charge >= 0.3 is 0 Å². The number of benzene rings is 2. The van der Waals surface area contributed by atoms with Gasteiger partial charge in [0.2, 0.25) is 0 Å². The van der Waals surface area contributed by atoms with E-state index < -0.39 is 0 Å². The second-order valence-electron chi connectivity index (χ2n) is 3.24. The maximum Gasteiger partial charge on any atom is 0.0130 e. The van der Waals surface area contributed by atoms with E-state index in [2.05, 4.69) is 77.4 Å². The lowest BCUT2D eigenvalue weighted by molar-refractivity contribution is 1.46. The Hall–Kier alpha value is -0.480. The number of hydrogen-bond donors (Lipinski definition) is 0. The molecule has 0 aliphatic rings. The molecule has 0 fully saturated rings. The smallest absolute Gasteiger partial charge is 0.0130 e. The minimum atomic E-state index is 1.28. The van der Waals surface area contributed by atoms with Gasteiger partial charge in [-0.25, -0.2) is 0 Å². The highest BCUT2D eigenvalue weighted by atomic mass is 127. The van der Waals surface area contributed by atoms with Gasteiger partial charge in [0, 0.05) is 8.47 Å². The standard InChI is InChI=1S/C13H11IS/c1-15-13-8-4-11(5-9-13)10-2-6-12(14)7-3-10/h2-9H,1H3. The monoisotopic (exact) mass is 326 g/mol. The Balaban J connectivity index is 2.33. The molecule has 0 unspecified atom stereocenters. The maximum atomic E-state index is 2.32. The lowest BCUT2D eigenvalue weighted by Crippen LogP contribution is -1.78. The molecule has 0 atom stereocenters. The Morgan fingerprint density at radius 3 is 1.73 bits per heavy atom. The summed E-state index contributed by atoms with van der Waals surface area (Å²) in [5.74, 6) is 0. The van der Waals surface area contributed by atoms with Crippen molar-refractivity contribution in [2.45, 2.75) is 4.90 Å². The first-order chi connectivity index (χ1) is 7.29. The van der Waals surface area contributed by atoms with E-state index in [0.717, 1.165) is 0 Å². The van der Waals surface area contributed by atoms with Gasteiger partial charge in [0.15, 0.2) is 0 Å². The average Bonchev–Trinajstić information content (AvgIpc) is 2.30. The van der Waals surface area contributed by atoms with Crippen molar-refractivity contribution in [3.8, 4) is 11.1 Å². The zero-order valence-electron chi connectivity index (χ0n) is 8.41. The molecule has 2 heteroatoms. The molecule has 0 aliphatic heterocycles. The molecule has 0 radical (unpaired) electrons. The van der Waals surface area contributed by atoms with Gasteiger partial charge in [-0.05, 0) is 64.2 Å². The zero-order chi connectivity index (χ0) is 10.7. The fraction of sp³-hybridized carbons (Fsp3) is 0.0769. The molecule has 0 nitrogen and oxygen atoms in total. The van der Waals surface area contributed by atoms with Crippen molar-refractivity contribution >= 4 is 34.4 Å². The number of hydrogen-bond acceptors (Lipinski definition) is 1. The van der Waals surface area contributed by atoms with Crippen LogP contribution >= 0.6 is 34.4 Å². The van der Waals surface area contributed by atoms with Crippen LogP contribution in [0.5, 0.6) is 0 Å². The van der Waals surface area contributed by atoms with Gasteiger partial charge in [-0.15, -0.1) is 11.8 Å². The molecule has 0 aromatic heterocycles. The van der Waals surface area contributed by atoms with Crippen LogP contribution in [0.25, 0.3) is 11.1 Å². The van der Waals surface area contributed by atoms with Crippen LogP contribution in [0.4, 0.5) is 0 Å². The molecule has 0 aliphatic carbocycles. The molecule has 2 rings (SSSR count). The molecule has 2 aromatic rings. The highest BCUT2D eigenvalue weighted by molar-refractivity contribution is 14.1. The summed E-state index contributed by atoms with van der Waals surface area (Å²) in [5, 5.41) is 0. The van der Waals surface area contributed by atoms with Crippen molar-refractivity contribution in [2.75, 3.05) is 6.26 Å². The molecule has 0 saturated carbocycles. The predicted molar refractivity (Wildman–Crippen MR) is 76.4 cm³/mol. The van der Waals surface area contributed by atoms with E-state index in [4.69, 9.17) is 0 Å². The third-order valence-corrected chi connectivity index (χ3v) is 3.73. The summed E-state index contributed by atoms with van der Waals surface area (Å²) in [4.78, 5) is 1.31. The van der Waals surface area contributed by atoms with Crippen LogP contribution in [0.3, 0.4) is 0 Å². The summed E-state index contributed by atoms with van der Waals surface area (Å²) >= 11 is 4.10. The van der Waals surface area contributed by atoms with Crippen LogP contribution in [0.15, 0.2) is 53.4 Å². The van der Waals surface area contributed by atoms with Gasteiger partial charge in [-0.1, -0.05) is 24.3 Å². The van der Waals surface area contributed by atoms with Crippen LogP contribution in [0.1, 0.15) is 0 Å². The van der Waals surface area contributed by atoms with Crippen LogP contribution in [-0.4, -0.2) is 6.26 Å². The zero-order valence-corrected chi connectivity index (χ0v) is 11.4. The molecule has 76 valence electrons. The van der Waals surface area contributed by atoms with Gasteiger partial charge < -0.3 is 0 Å². The molecule has 0 spiro atoms. The van der Waals surface area contributed by atoms with Crippen molar-refractivity contribution < 1.29 is 0 Å². The highest BCUT2D eigenvalue weighted by Gasteiger charge is 1.97. The second-order valence-corrected chi connectivity index (χ2v) is 5.36. The van der Waals surface area contributed by atoms with E-state index in [9.17, 15) is 0 Å². The van der Waals surface area contributed by atoms with Crippen molar-refractivity contribution in [1.29, 1.82) is 0 Å². The molecular formula is C13H11IS. The van der Waals surface area contributed by atoms with E-state index in [1.54, 1.807) is 11.8 Å². The Kier molecular flexibility index (Phi) is 3.70. The molecule has 0 heterocycles. The van der Waals surface area contributed by atoms with Gasteiger partial charge in [-0.3, -0.25) is 0 Å². The van der Waals surface area contributed by atoms with E-state index in [0.29, 0.717) is 0 Å². The molecule has 2 aromatic carbocycles. The minimum absolute atomic E-state index is 1.28. The van der Waals surface area contributed by atoms with E-state index in [-0.39, 0.29) is 0 Å². The molecule has 15 heavy (non-hydrogen) atoms. The Morgan fingerprint density at radius 1 is 0.800 bits per heavy atom. The van der Waals surface area contributed by atoms with Gasteiger partial charge in [-0.2, -0.15) is 0 Å². The first-order valence-corrected chi connectivity index (χ1v) is 7.00. The lowest BCUT2D eigenvalue weighted by Gasteiger charge is -2.02. The lowest BCUT2D eigenvalue weighted by atomic mass is 10.1. The SMILES string of the molecule is CSc1ccc(-c2ccc(I)cc2)cc1. The Bertz CT molecular complexity index is 431. The fourth-order valence-electron chi connectivity index (χ4n) is 1.43. The first-order valence-electron chi connectivity index (χ1n) is 4.69. The van der Waals surface area contributed by atoms with Crippen LogP contribution in [0, 0.1) is 3.57 Å². The molecule has 0 saturated heterocycles. The topological polar surface area (TPSA) is 0 Å². The van der Waals surface area contributed by atoms with Crippen molar-refractivity contribution in [2.24, 2.45) is 0 Å². The normalized spacial score (nSPS) is 10.3. The largest absolute Gasteiger partial charge is 0.130 e. The summed E-state index contributed by atoms with van der Waals surface area (Å²) in [6.45, 7) is 0. The second kappa shape index (κ2) is 5.03. The number of rotatable bonds is 2. The number of thioether (sulfide) groups is 1. The Morgan fingerprint density at radius 2 is 1.27 bits per heavy atom. The van der Waals surface area contributed by atoms with Gasteiger partial charge in [0.1, 0.15) is 0 Å². The average molecular weight is 326 g/mol. The maximum absolute atomic E-state index is 2.32. The van der Waals surface area contributed by atoms with Crippen LogP contribution in [0.2, 0.25) is 0 Å². The van der Waals surface area contributed by atoms with Crippen molar-refractivity contribution in [3.63, 3.8) is 0 Å². The van der Waals surface area contributed by atoms with Crippen LogP contribution < -0.4 is 0 Å². The quantitative estimate of drug-likeness (QED) is 0.570. The predicted octanol–water partition coefficient (Wildman–Crippen LogP) is 4.68. The number of halogens is 1. The van der Waals surface area contributed by atoms with E-state index in [1.165, 1.54) is 19.6 Å². The summed E-state index contributed by atoms with van der Waals surface area (Å²) < 4.78 is 1.28. The van der Waals surface area contributed by atoms with Gasteiger partial charge in [0.05, 0.1) is 0 Å². The fourth-order valence-corrected chi connectivity index (χ4v) is 2.19. The van der Waals surface area contributed by atoms with Crippen LogP contribution in [-0.2, 0) is 0 Å². The summed E-state index contributed by atoms with van der Waals surface area (Å²) in [6, 6.07) is 17.3. The Labute approximate surface area is 108 Å². The first kappa shape index (κ1) is 11.0. The van der Waals surface area contributed by atoms with E-state index >= 15 is 0 Å². The highest BCUT2D eigenvalue weighted by Crippen LogP contribution is 2.23. The summed E-state index contributed by atoms with van der Waals surface area (Å²) in [7, 11) is 0.